The predicted molar refractivity (Wildman–Crippen MR) is 146 cm³/mol. The fourth-order valence-corrected chi connectivity index (χ4v) is 5.01. The van der Waals surface area contributed by atoms with Crippen molar-refractivity contribution in [2.24, 2.45) is 0 Å². The van der Waals surface area contributed by atoms with Crippen LogP contribution in [0.2, 0.25) is 10.0 Å². The zero-order chi connectivity index (χ0) is 25.2. The van der Waals surface area contributed by atoms with E-state index in [2.05, 4.69) is 5.32 Å². The molecular weight excluding hydrogens is 499 g/mol. The summed E-state index contributed by atoms with van der Waals surface area (Å²) >= 11 is 14.2. The van der Waals surface area contributed by atoms with Crippen LogP contribution < -0.4 is 5.32 Å². The Bertz CT molecular complexity index is 1110. The summed E-state index contributed by atoms with van der Waals surface area (Å²) in [7, 11) is 0. The van der Waals surface area contributed by atoms with Crippen molar-refractivity contribution in [3.63, 3.8) is 0 Å². The number of benzene rings is 3. The Morgan fingerprint density at radius 1 is 0.943 bits per heavy atom. The second-order valence-electron chi connectivity index (χ2n) is 8.54. The van der Waals surface area contributed by atoms with Crippen LogP contribution in [-0.2, 0) is 22.6 Å². The van der Waals surface area contributed by atoms with Crippen LogP contribution in [0, 0.1) is 0 Å². The maximum Gasteiger partial charge on any atom is 0.243 e. The number of carbonyl (C=O) groups is 2. The number of hydrogen-bond donors (Lipinski definition) is 1. The van der Waals surface area contributed by atoms with Crippen molar-refractivity contribution >= 4 is 46.8 Å². The molecule has 7 heteroatoms. The van der Waals surface area contributed by atoms with Crippen LogP contribution in [-0.4, -0.2) is 34.6 Å². The summed E-state index contributed by atoms with van der Waals surface area (Å²) in [6.45, 7) is 4.04. The third-order valence-corrected chi connectivity index (χ3v) is 6.99. The first-order valence-corrected chi connectivity index (χ1v) is 13.3. The van der Waals surface area contributed by atoms with Gasteiger partial charge in [-0.1, -0.05) is 77.8 Å². The van der Waals surface area contributed by atoms with Gasteiger partial charge in [0.25, 0.3) is 0 Å². The molecule has 3 rings (SSSR count). The lowest BCUT2D eigenvalue weighted by atomic mass is 10.0. The van der Waals surface area contributed by atoms with Crippen LogP contribution in [0.15, 0.2) is 83.8 Å². The molecule has 0 aliphatic carbocycles. The summed E-state index contributed by atoms with van der Waals surface area (Å²) in [6, 6.07) is 24.2. The van der Waals surface area contributed by atoms with E-state index in [9.17, 15) is 9.59 Å². The van der Waals surface area contributed by atoms with E-state index in [-0.39, 0.29) is 24.4 Å². The van der Waals surface area contributed by atoms with Crippen molar-refractivity contribution < 1.29 is 9.59 Å². The molecule has 0 spiro atoms. The lowest BCUT2D eigenvalue weighted by molar-refractivity contribution is -0.141. The maximum absolute atomic E-state index is 13.6. The summed E-state index contributed by atoms with van der Waals surface area (Å²) in [5.74, 6) is 0.328. The van der Waals surface area contributed by atoms with Gasteiger partial charge in [-0.25, -0.2) is 0 Å². The van der Waals surface area contributed by atoms with Gasteiger partial charge >= 0.3 is 0 Å². The van der Waals surface area contributed by atoms with Crippen LogP contribution in [0.25, 0.3) is 0 Å². The second-order valence-corrected chi connectivity index (χ2v) is 10.5. The molecule has 0 saturated heterocycles. The van der Waals surface area contributed by atoms with E-state index in [1.54, 1.807) is 28.8 Å². The molecule has 2 amide bonds. The van der Waals surface area contributed by atoms with Gasteiger partial charge in [0.05, 0.1) is 0 Å². The molecule has 0 saturated carbocycles. The molecule has 3 aromatic rings. The van der Waals surface area contributed by atoms with Gasteiger partial charge < -0.3 is 10.2 Å². The fraction of sp³-hybridized carbons (Fsp3) is 0.286. The van der Waals surface area contributed by atoms with E-state index in [1.807, 2.05) is 80.6 Å². The number of hydrogen-bond acceptors (Lipinski definition) is 3. The first kappa shape index (κ1) is 27.1. The number of halogens is 2. The van der Waals surface area contributed by atoms with Gasteiger partial charge in [-0.15, -0.1) is 11.8 Å². The van der Waals surface area contributed by atoms with Crippen molar-refractivity contribution in [1.29, 1.82) is 0 Å². The van der Waals surface area contributed by atoms with Crippen LogP contribution in [0.4, 0.5) is 0 Å². The number of rotatable bonds is 11. The maximum atomic E-state index is 13.6. The van der Waals surface area contributed by atoms with Gasteiger partial charge in [0.2, 0.25) is 11.8 Å². The second kappa shape index (κ2) is 13.6. The SMILES string of the molecule is CC(C)NC(=O)C(Cc1ccccc1)N(Cc1ccc(Cl)cc1Cl)C(=O)CCSc1ccccc1. The summed E-state index contributed by atoms with van der Waals surface area (Å²) in [5, 5.41) is 3.99. The molecule has 4 nitrogen and oxygen atoms in total. The Kier molecular flexibility index (Phi) is 10.5. The molecule has 0 aliphatic heterocycles. The molecule has 0 aliphatic rings. The highest BCUT2D eigenvalue weighted by Gasteiger charge is 2.31. The minimum atomic E-state index is -0.680. The Morgan fingerprint density at radius 3 is 2.23 bits per heavy atom. The molecule has 3 aromatic carbocycles. The Hall–Kier alpha value is -2.47. The van der Waals surface area contributed by atoms with Crippen molar-refractivity contribution in [3.8, 4) is 0 Å². The number of amides is 2. The number of thioether (sulfide) groups is 1. The molecule has 35 heavy (non-hydrogen) atoms. The standard InChI is InChI=1S/C28H30Cl2N2O2S/c1-20(2)31-28(34)26(17-21-9-5-3-6-10-21)32(19-22-13-14-23(29)18-25(22)30)27(33)15-16-35-24-11-7-4-8-12-24/h3-14,18,20,26H,15-17,19H2,1-2H3,(H,31,34). The minimum absolute atomic E-state index is 0.0505. The quantitative estimate of drug-likeness (QED) is 0.283. The third kappa shape index (κ3) is 8.60. The number of carbonyl (C=O) groups excluding carboxylic acids is 2. The zero-order valence-corrected chi connectivity index (χ0v) is 22.2. The average molecular weight is 530 g/mol. The van der Waals surface area contributed by atoms with Crippen molar-refractivity contribution in [2.45, 2.75) is 50.2 Å². The van der Waals surface area contributed by atoms with Gasteiger partial charge in [-0.2, -0.15) is 0 Å². The van der Waals surface area contributed by atoms with Gasteiger partial charge in [0, 0.05) is 46.1 Å². The molecule has 1 unspecified atom stereocenters. The van der Waals surface area contributed by atoms with Crippen LogP contribution in [0.3, 0.4) is 0 Å². The van der Waals surface area contributed by atoms with Crippen LogP contribution in [0.5, 0.6) is 0 Å². The number of nitrogens with zero attached hydrogens (tertiary/aromatic N) is 1. The first-order valence-electron chi connectivity index (χ1n) is 11.6. The van der Waals surface area contributed by atoms with E-state index in [0.717, 1.165) is 16.0 Å². The van der Waals surface area contributed by atoms with Gasteiger partial charge in [-0.3, -0.25) is 9.59 Å². The molecule has 0 aromatic heterocycles. The normalized spacial score (nSPS) is 11.8. The highest BCUT2D eigenvalue weighted by molar-refractivity contribution is 7.99. The molecule has 184 valence electrons. The Morgan fingerprint density at radius 2 is 1.60 bits per heavy atom. The number of nitrogens with one attached hydrogen (secondary N) is 1. The zero-order valence-electron chi connectivity index (χ0n) is 19.9. The largest absolute Gasteiger partial charge is 0.352 e. The van der Waals surface area contributed by atoms with E-state index in [4.69, 9.17) is 23.2 Å². The molecule has 0 fully saturated rings. The Balaban J connectivity index is 1.88. The monoisotopic (exact) mass is 528 g/mol. The van der Waals surface area contributed by atoms with Crippen LogP contribution >= 0.6 is 35.0 Å². The lowest BCUT2D eigenvalue weighted by Gasteiger charge is -2.32. The van der Waals surface area contributed by atoms with E-state index < -0.39 is 6.04 Å². The lowest BCUT2D eigenvalue weighted by Crippen LogP contribution is -2.51. The molecule has 0 radical (unpaired) electrons. The summed E-state index contributed by atoms with van der Waals surface area (Å²) < 4.78 is 0. The van der Waals surface area contributed by atoms with Crippen molar-refractivity contribution in [3.05, 3.63) is 100 Å². The molecule has 0 heterocycles. The highest BCUT2D eigenvalue weighted by atomic mass is 35.5. The minimum Gasteiger partial charge on any atom is -0.352 e. The molecule has 0 bridgehead atoms. The molecule has 1 atom stereocenters. The van der Waals surface area contributed by atoms with E-state index >= 15 is 0 Å². The van der Waals surface area contributed by atoms with Crippen molar-refractivity contribution in [1.82, 2.24) is 10.2 Å². The fourth-order valence-electron chi connectivity index (χ4n) is 3.68. The van der Waals surface area contributed by atoms with Gasteiger partial charge in [0.1, 0.15) is 6.04 Å². The third-order valence-electron chi connectivity index (χ3n) is 5.39. The summed E-state index contributed by atoms with van der Waals surface area (Å²) in [5.41, 5.74) is 1.73. The molecule has 1 N–H and O–H groups in total. The average Bonchev–Trinajstić information content (AvgIpc) is 2.83. The first-order chi connectivity index (χ1) is 16.8. The highest BCUT2D eigenvalue weighted by Crippen LogP contribution is 2.25. The predicted octanol–water partition coefficient (Wildman–Crippen LogP) is 6.64. The molecular formula is C28H30Cl2N2O2S. The van der Waals surface area contributed by atoms with E-state index in [0.29, 0.717) is 28.6 Å². The van der Waals surface area contributed by atoms with Crippen molar-refractivity contribution in [2.75, 3.05) is 5.75 Å². The summed E-state index contributed by atoms with van der Waals surface area (Å²) in [4.78, 5) is 29.7. The Labute approximate surface area is 222 Å². The smallest absolute Gasteiger partial charge is 0.243 e. The van der Waals surface area contributed by atoms with E-state index in [1.165, 1.54) is 0 Å². The van der Waals surface area contributed by atoms with Crippen LogP contribution in [0.1, 0.15) is 31.4 Å². The topological polar surface area (TPSA) is 49.4 Å². The van der Waals surface area contributed by atoms with Gasteiger partial charge in [0.15, 0.2) is 0 Å². The summed E-state index contributed by atoms with van der Waals surface area (Å²) in [6.07, 6.45) is 0.702. The van der Waals surface area contributed by atoms with Gasteiger partial charge in [-0.05, 0) is 49.2 Å².